The fourth-order valence-electron chi connectivity index (χ4n) is 3.77. The number of benzene rings is 1. The number of aryl methyl sites for hydroxylation is 1. The molecule has 1 heterocycles. The van der Waals surface area contributed by atoms with Crippen molar-refractivity contribution in [3.8, 4) is 0 Å². The zero-order valence-electron chi connectivity index (χ0n) is 12.4. The summed E-state index contributed by atoms with van der Waals surface area (Å²) in [7, 11) is 2.23. The van der Waals surface area contributed by atoms with E-state index in [0.717, 1.165) is 12.3 Å². The van der Waals surface area contributed by atoms with Crippen molar-refractivity contribution in [3.05, 3.63) is 46.8 Å². The molecule has 20 heavy (non-hydrogen) atoms. The largest absolute Gasteiger partial charge is 0.302 e. The third-order valence-electron chi connectivity index (χ3n) is 4.90. The molecule has 0 radical (unpaired) electrons. The van der Waals surface area contributed by atoms with Crippen LogP contribution in [0.1, 0.15) is 37.7 Å². The van der Waals surface area contributed by atoms with Gasteiger partial charge in [0.2, 0.25) is 0 Å². The lowest BCUT2D eigenvalue weighted by atomic mass is 9.77. The lowest BCUT2D eigenvalue weighted by Crippen LogP contribution is -2.31. The quantitative estimate of drug-likeness (QED) is 0.746. The summed E-state index contributed by atoms with van der Waals surface area (Å²) in [5.74, 6) is 0.643. The van der Waals surface area contributed by atoms with Gasteiger partial charge in [0.05, 0.1) is 0 Å². The molecule has 2 aliphatic rings. The van der Waals surface area contributed by atoms with Crippen LogP contribution < -0.4 is 0 Å². The average molecular weight is 273 g/mol. The molecule has 1 nitrogen and oxygen atoms in total. The molecule has 0 amide bonds. The first-order valence-electron chi connectivity index (χ1n) is 7.86. The van der Waals surface area contributed by atoms with Crippen LogP contribution >= 0.6 is 0 Å². The standard InChI is InChI=1S/C18H24FN/c1-20-12-11-18-15(3-2-4-16(18)13-20)8-5-14-6-9-17(19)10-7-14/h6-7,9-10,15H,2-5,8,11-13H2,1H3. The normalized spacial score (nSPS) is 23.8. The molecular weight excluding hydrogens is 249 g/mol. The molecule has 1 aromatic rings. The van der Waals surface area contributed by atoms with Crippen molar-refractivity contribution >= 4 is 0 Å². The second kappa shape index (κ2) is 6.09. The molecule has 0 bridgehead atoms. The van der Waals surface area contributed by atoms with E-state index in [1.54, 1.807) is 23.3 Å². The van der Waals surface area contributed by atoms with Crippen molar-refractivity contribution in [1.29, 1.82) is 0 Å². The monoisotopic (exact) mass is 273 g/mol. The molecular formula is C18H24FN. The van der Waals surface area contributed by atoms with Crippen LogP contribution in [-0.4, -0.2) is 25.0 Å². The first-order valence-corrected chi connectivity index (χ1v) is 7.86. The topological polar surface area (TPSA) is 3.24 Å². The van der Waals surface area contributed by atoms with Crippen LogP contribution in [0.25, 0.3) is 0 Å². The first-order chi connectivity index (χ1) is 9.72. The van der Waals surface area contributed by atoms with Crippen molar-refractivity contribution in [1.82, 2.24) is 4.90 Å². The van der Waals surface area contributed by atoms with Crippen molar-refractivity contribution in [3.63, 3.8) is 0 Å². The minimum absolute atomic E-state index is 0.133. The second-order valence-electron chi connectivity index (χ2n) is 6.37. The van der Waals surface area contributed by atoms with E-state index in [4.69, 9.17) is 0 Å². The zero-order chi connectivity index (χ0) is 13.9. The maximum atomic E-state index is 12.9. The van der Waals surface area contributed by atoms with E-state index in [1.807, 2.05) is 12.1 Å². The van der Waals surface area contributed by atoms with Crippen molar-refractivity contribution < 1.29 is 4.39 Å². The van der Waals surface area contributed by atoms with Gasteiger partial charge in [-0.2, -0.15) is 0 Å². The molecule has 1 aliphatic heterocycles. The molecule has 2 heteroatoms. The van der Waals surface area contributed by atoms with Gasteiger partial charge in [0.1, 0.15) is 5.82 Å². The highest BCUT2D eigenvalue weighted by molar-refractivity contribution is 5.25. The summed E-state index contributed by atoms with van der Waals surface area (Å²) in [6.07, 6.45) is 7.59. The molecule has 0 spiro atoms. The lowest BCUT2D eigenvalue weighted by Gasteiger charge is -2.35. The number of hydrogen-bond acceptors (Lipinski definition) is 1. The number of likely N-dealkylation sites (N-methyl/N-ethyl adjacent to an activating group) is 1. The summed E-state index contributed by atoms with van der Waals surface area (Å²) in [6.45, 7) is 2.40. The van der Waals surface area contributed by atoms with E-state index in [0.29, 0.717) is 0 Å². The predicted molar refractivity (Wildman–Crippen MR) is 81.2 cm³/mol. The van der Waals surface area contributed by atoms with Crippen LogP contribution in [0.5, 0.6) is 0 Å². The van der Waals surface area contributed by atoms with Gasteiger partial charge >= 0.3 is 0 Å². The van der Waals surface area contributed by atoms with Gasteiger partial charge in [-0.1, -0.05) is 23.3 Å². The van der Waals surface area contributed by atoms with Crippen molar-refractivity contribution in [2.45, 2.75) is 38.5 Å². The molecule has 1 aromatic carbocycles. The fraction of sp³-hybridized carbons (Fsp3) is 0.556. The number of hydrogen-bond donors (Lipinski definition) is 0. The van der Waals surface area contributed by atoms with Gasteiger partial charge < -0.3 is 4.90 Å². The molecule has 1 unspecified atom stereocenters. The Balaban J connectivity index is 1.65. The van der Waals surface area contributed by atoms with Gasteiger partial charge in [0.15, 0.2) is 0 Å². The van der Waals surface area contributed by atoms with Crippen LogP contribution in [0.3, 0.4) is 0 Å². The van der Waals surface area contributed by atoms with Crippen LogP contribution in [0, 0.1) is 11.7 Å². The minimum atomic E-state index is -0.133. The first kappa shape index (κ1) is 13.8. The summed E-state index contributed by atoms with van der Waals surface area (Å²) < 4.78 is 12.9. The highest BCUT2D eigenvalue weighted by Crippen LogP contribution is 2.37. The molecule has 0 aromatic heterocycles. The Labute approximate surface area is 121 Å². The van der Waals surface area contributed by atoms with E-state index >= 15 is 0 Å². The summed E-state index contributed by atoms with van der Waals surface area (Å²) in [5, 5.41) is 0. The van der Waals surface area contributed by atoms with E-state index in [1.165, 1.54) is 50.8 Å². The summed E-state index contributed by atoms with van der Waals surface area (Å²) in [6, 6.07) is 7.02. The third kappa shape index (κ3) is 3.12. The van der Waals surface area contributed by atoms with Crippen LogP contribution in [0.2, 0.25) is 0 Å². The van der Waals surface area contributed by atoms with Gasteiger partial charge in [0.25, 0.3) is 0 Å². The minimum Gasteiger partial charge on any atom is -0.302 e. The number of halogens is 1. The Morgan fingerprint density at radius 2 is 2.00 bits per heavy atom. The second-order valence-corrected chi connectivity index (χ2v) is 6.37. The Kier molecular flexibility index (Phi) is 4.21. The highest BCUT2D eigenvalue weighted by Gasteiger charge is 2.26. The Morgan fingerprint density at radius 3 is 2.80 bits per heavy atom. The maximum Gasteiger partial charge on any atom is 0.123 e. The predicted octanol–water partition coefficient (Wildman–Crippen LogP) is 4.19. The van der Waals surface area contributed by atoms with Gasteiger partial charge in [-0.15, -0.1) is 0 Å². The van der Waals surface area contributed by atoms with Crippen molar-refractivity contribution in [2.24, 2.45) is 5.92 Å². The van der Waals surface area contributed by atoms with Crippen LogP contribution in [-0.2, 0) is 6.42 Å². The number of rotatable bonds is 3. The molecule has 108 valence electrons. The molecule has 0 saturated carbocycles. The molecule has 1 atom stereocenters. The summed E-state index contributed by atoms with van der Waals surface area (Å²) >= 11 is 0. The Hall–Kier alpha value is -1.15. The lowest BCUT2D eigenvalue weighted by molar-refractivity contribution is 0.308. The van der Waals surface area contributed by atoms with Gasteiger partial charge in [-0.25, -0.2) is 4.39 Å². The van der Waals surface area contributed by atoms with E-state index in [9.17, 15) is 4.39 Å². The smallest absolute Gasteiger partial charge is 0.123 e. The molecule has 0 fully saturated rings. The molecule has 0 N–H and O–H groups in total. The van der Waals surface area contributed by atoms with Crippen molar-refractivity contribution in [2.75, 3.05) is 20.1 Å². The van der Waals surface area contributed by atoms with Gasteiger partial charge in [0, 0.05) is 13.1 Å². The van der Waals surface area contributed by atoms with Gasteiger partial charge in [-0.05, 0) is 69.2 Å². The molecule has 1 aliphatic carbocycles. The molecule has 0 saturated heterocycles. The SMILES string of the molecule is CN1CCC2=C(CCCC2CCc2ccc(F)cc2)C1. The third-order valence-corrected chi connectivity index (χ3v) is 4.90. The van der Waals surface area contributed by atoms with E-state index < -0.39 is 0 Å². The highest BCUT2D eigenvalue weighted by atomic mass is 19.1. The van der Waals surface area contributed by atoms with E-state index in [2.05, 4.69) is 11.9 Å². The van der Waals surface area contributed by atoms with Crippen LogP contribution in [0.4, 0.5) is 4.39 Å². The Bertz CT molecular complexity index is 489. The zero-order valence-corrected chi connectivity index (χ0v) is 12.4. The van der Waals surface area contributed by atoms with Gasteiger partial charge in [-0.3, -0.25) is 0 Å². The average Bonchev–Trinajstić information content (AvgIpc) is 2.46. The van der Waals surface area contributed by atoms with E-state index in [-0.39, 0.29) is 5.82 Å². The number of nitrogens with zero attached hydrogens (tertiary/aromatic N) is 1. The Morgan fingerprint density at radius 1 is 1.20 bits per heavy atom. The van der Waals surface area contributed by atoms with Crippen LogP contribution in [0.15, 0.2) is 35.4 Å². The molecule has 3 rings (SSSR count). The maximum absolute atomic E-state index is 12.9. The summed E-state index contributed by atoms with van der Waals surface area (Å²) in [5.41, 5.74) is 4.75. The fourth-order valence-corrected chi connectivity index (χ4v) is 3.77. The summed E-state index contributed by atoms with van der Waals surface area (Å²) in [4.78, 5) is 2.45.